The number of hydrogen-bond donors (Lipinski definition) is 5. The van der Waals surface area contributed by atoms with Crippen LogP contribution in [0.25, 0.3) is 0 Å². The highest BCUT2D eigenvalue weighted by molar-refractivity contribution is 5.84. The molecule has 2 amide bonds. The van der Waals surface area contributed by atoms with Crippen molar-refractivity contribution in [3.05, 3.63) is 83.9 Å². The molecule has 0 aliphatic carbocycles. The van der Waals surface area contributed by atoms with Gasteiger partial charge in [-0.3, -0.25) is 19.7 Å². The molecule has 0 spiro atoms. The summed E-state index contributed by atoms with van der Waals surface area (Å²) in [6.45, 7) is 5.62. The molecule has 0 heterocycles. The predicted molar refractivity (Wildman–Crippen MR) is 140 cm³/mol. The van der Waals surface area contributed by atoms with Gasteiger partial charge in [-0.1, -0.05) is 74.0 Å². The monoisotopic (exact) mass is 493 g/mol. The van der Waals surface area contributed by atoms with Crippen LogP contribution in [0.15, 0.2) is 72.4 Å². The van der Waals surface area contributed by atoms with Crippen LogP contribution >= 0.6 is 0 Å². The first-order chi connectivity index (χ1) is 17.4. The normalized spacial score (nSPS) is 13.5. The fourth-order valence-electron chi connectivity index (χ4n) is 3.73. The summed E-state index contributed by atoms with van der Waals surface area (Å²) in [5.41, 5.74) is 2.64. The molecule has 0 saturated carbocycles. The number of carbonyl (C=O) groups is 3. The third-order valence-corrected chi connectivity index (χ3v) is 5.52. The van der Waals surface area contributed by atoms with Crippen LogP contribution in [0.2, 0.25) is 0 Å². The fraction of sp³-hybridized carbons (Fsp3) is 0.333. The first-order valence-electron chi connectivity index (χ1n) is 11.9. The van der Waals surface area contributed by atoms with Gasteiger partial charge in [-0.25, -0.2) is 0 Å². The van der Waals surface area contributed by atoms with E-state index in [1.54, 1.807) is 0 Å². The Kier molecular flexibility index (Phi) is 11.9. The van der Waals surface area contributed by atoms with Gasteiger partial charge in [0.15, 0.2) is 0 Å². The lowest BCUT2D eigenvalue weighted by molar-refractivity contribution is -0.137. The minimum atomic E-state index is -0.958. The number of aliphatic carboxylic acids is 1. The molecule has 0 fully saturated rings. The highest BCUT2D eigenvalue weighted by atomic mass is 16.4. The maximum Gasteiger partial charge on any atom is 0.305 e. The molecule has 2 aromatic rings. The topological polar surface area (TPSA) is 146 Å². The molecule has 2 aromatic carbocycles. The van der Waals surface area contributed by atoms with E-state index >= 15 is 0 Å². The zero-order valence-electron chi connectivity index (χ0n) is 20.5. The molecular formula is C27H35N5O4. The van der Waals surface area contributed by atoms with E-state index in [-0.39, 0.29) is 37.1 Å². The van der Waals surface area contributed by atoms with Gasteiger partial charge in [-0.05, 0) is 23.1 Å². The van der Waals surface area contributed by atoms with Gasteiger partial charge >= 0.3 is 5.97 Å². The molecule has 0 radical (unpaired) electrons. The zero-order chi connectivity index (χ0) is 26.3. The van der Waals surface area contributed by atoms with E-state index in [1.165, 1.54) is 12.3 Å². The summed E-state index contributed by atoms with van der Waals surface area (Å²) in [4.78, 5) is 36.4. The predicted octanol–water partition coefficient (Wildman–Crippen LogP) is 2.83. The molecule has 9 heteroatoms. The summed E-state index contributed by atoms with van der Waals surface area (Å²) in [5.74, 6) is 3.70. The quantitative estimate of drug-likeness (QED) is 0.0848. The standard InChI is InChI=1S/C27H35N5O4/c1-3-8-23(30-22(4-2)17-26(35)36)31-24(33)15-16-25(34)32-27(20-9-6-5-7-10-20)21-13-11-19(12-14-21)18-29-28/h4-7,9-14,18,22-23,27,30H,2-3,8,15-17,28H2,1H3,(H,31,33)(H,32,34)(H,35,36)/b29-18+. The Labute approximate surface area is 211 Å². The molecule has 6 N–H and O–H groups in total. The Balaban J connectivity index is 2.00. The molecule has 0 aliphatic rings. The number of carboxylic acid groups (broad SMARTS) is 1. The number of hydrogen-bond acceptors (Lipinski definition) is 6. The molecule has 3 atom stereocenters. The molecule has 0 aromatic heterocycles. The minimum Gasteiger partial charge on any atom is -0.481 e. The van der Waals surface area contributed by atoms with Gasteiger partial charge in [0.05, 0.1) is 24.8 Å². The maximum absolute atomic E-state index is 12.8. The molecule has 2 rings (SSSR count). The molecule has 9 nitrogen and oxygen atoms in total. The lowest BCUT2D eigenvalue weighted by Gasteiger charge is -2.24. The van der Waals surface area contributed by atoms with Crippen molar-refractivity contribution in [1.29, 1.82) is 0 Å². The second-order valence-electron chi connectivity index (χ2n) is 8.37. The summed E-state index contributed by atoms with van der Waals surface area (Å²) in [6, 6.07) is 16.2. The van der Waals surface area contributed by atoms with E-state index in [0.29, 0.717) is 6.42 Å². The van der Waals surface area contributed by atoms with E-state index in [2.05, 4.69) is 27.6 Å². The van der Waals surface area contributed by atoms with Crippen molar-refractivity contribution in [2.45, 2.75) is 57.3 Å². The molecule has 0 saturated heterocycles. The van der Waals surface area contributed by atoms with Crippen LogP contribution in [0, 0.1) is 0 Å². The van der Waals surface area contributed by atoms with Crippen molar-refractivity contribution in [3.63, 3.8) is 0 Å². The van der Waals surface area contributed by atoms with Crippen LogP contribution in [-0.2, 0) is 14.4 Å². The summed E-state index contributed by atoms with van der Waals surface area (Å²) in [5, 5.41) is 21.5. The number of rotatable bonds is 15. The number of nitrogens with one attached hydrogen (secondary N) is 3. The van der Waals surface area contributed by atoms with Crippen LogP contribution in [0.1, 0.15) is 61.8 Å². The van der Waals surface area contributed by atoms with Gasteiger partial charge in [0.1, 0.15) is 0 Å². The lowest BCUT2D eigenvalue weighted by atomic mass is 9.97. The van der Waals surface area contributed by atoms with Crippen molar-refractivity contribution in [3.8, 4) is 0 Å². The van der Waals surface area contributed by atoms with Crippen molar-refractivity contribution >= 4 is 24.0 Å². The summed E-state index contributed by atoms with van der Waals surface area (Å²) < 4.78 is 0. The fourth-order valence-corrected chi connectivity index (χ4v) is 3.73. The number of nitrogens with zero attached hydrogens (tertiary/aromatic N) is 1. The Hall–Kier alpha value is -3.98. The first kappa shape index (κ1) is 28.3. The lowest BCUT2D eigenvalue weighted by Crippen LogP contribution is -2.49. The van der Waals surface area contributed by atoms with E-state index in [9.17, 15) is 14.4 Å². The van der Waals surface area contributed by atoms with Crippen molar-refractivity contribution in [2.75, 3.05) is 0 Å². The number of amides is 2. The Bertz CT molecular complexity index is 1020. The average molecular weight is 494 g/mol. The van der Waals surface area contributed by atoms with Crippen LogP contribution in [-0.4, -0.2) is 41.3 Å². The molecule has 36 heavy (non-hydrogen) atoms. The number of carbonyl (C=O) groups excluding carboxylic acids is 2. The summed E-state index contributed by atoms with van der Waals surface area (Å²) in [6.07, 6.45) is 3.90. The van der Waals surface area contributed by atoms with Crippen LogP contribution in [0.5, 0.6) is 0 Å². The number of benzene rings is 2. The van der Waals surface area contributed by atoms with Crippen molar-refractivity contribution in [1.82, 2.24) is 16.0 Å². The smallest absolute Gasteiger partial charge is 0.305 e. The molecule has 0 bridgehead atoms. The molecule has 192 valence electrons. The number of nitrogens with two attached hydrogens (primary N) is 1. The Morgan fingerprint density at radius 2 is 1.61 bits per heavy atom. The van der Waals surface area contributed by atoms with Gasteiger partial charge in [0.25, 0.3) is 0 Å². The summed E-state index contributed by atoms with van der Waals surface area (Å²) in [7, 11) is 0. The highest BCUT2D eigenvalue weighted by Crippen LogP contribution is 2.22. The van der Waals surface area contributed by atoms with E-state index in [1.807, 2.05) is 61.5 Å². The third kappa shape index (κ3) is 9.71. The largest absolute Gasteiger partial charge is 0.481 e. The minimum absolute atomic E-state index is 0.00116. The van der Waals surface area contributed by atoms with Gasteiger partial charge in [0.2, 0.25) is 11.8 Å². The second kappa shape index (κ2) is 15.1. The number of carboxylic acids is 1. The van der Waals surface area contributed by atoms with Gasteiger partial charge in [-0.2, -0.15) is 5.10 Å². The highest BCUT2D eigenvalue weighted by Gasteiger charge is 2.20. The van der Waals surface area contributed by atoms with Crippen molar-refractivity contribution < 1.29 is 19.5 Å². The average Bonchev–Trinajstić information content (AvgIpc) is 2.87. The Morgan fingerprint density at radius 1 is 1.00 bits per heavy atom. The van der Waals surface area contributed by atoms with Gasteiger partial charge in [-0.15, -0.1) is 6.58 Å². The SMILES string of the molecule is C=CC(CC(=O)O)NC(CCC)NC(=O)CCC(=O)NC(c1ccccc1)c1ccc(/C=N/N)cc1. The summed E-state index contributed by atoms with van der Waals surface area (Å²) >= 11 is 0. The second-order valence-corrected chi connectivity index (χ2v) is 8.37. The third-order valence-electron chi connectivity index (χ3n) is 5.52. The van der Waals surface area contributed by atoms with Crippen LogP contribution in [0.4, 0.5) is 0 Å². The van der Waals surface area contributed by atoms with E-state index in [0.717, 1.165) is 23.1 Å². The Morgan fingerprint density at radius 3 is 2.17 bits per heavy atom. The first-order valence-corrected chi connectivity index (χ1v) is 11.9. The zero-order valence-corrected chi connectivity index (χ0v) is 20.5. The molecule has 3 unspecified atom stereocenters. The van der Waals surface area contributed by atoms with E-state index < -0.39 is 18.2 Å². The number of hydrazone groups is 1. The van der Waals surface area contributed by atoms with Crippen LogP contribution in [0.3, 0.4) is 0 Å². The maximum atomic E-state index is 12.8. The molecular weight excluding hydrogens is 458 g/mol. The van der Waals surface area contributed by atoms with Crippen LogP contribution < -0.4 is 21.8 Å². The van der Waals surface area contributed by atoms with Gasteiger partial charge in [0, 0.05) is 18.9 Å². The van der Waals surface area contributed by atoms with E-state index in [4.69, 9.17) is 10.9 Å². The van der Waals surface area contributed by atoms with Gasteiger partial charge < -0.3 is 21.6 Å². The van der Waals surface area contributed by atoms with Crippen molar-refractivity contribution in [2.24, 2.45) is 10.9 Å². The molecule has 0 aliphatic heterocycles.